The summed E-state index contributed by atoms with van der Waals surface area (Å²) < 4.78 is 15.0. The van der Waals surface area contributed by atoms with Crippen molar-refractivity contribution in [3.8, 4) is 23.4 Å². The number of carbonyl (C=O) groups excluding carboxylic acids is 1. The van der Waals surface area contributed by atoms with E-state index < -0.39 is 0 Å². The summed E-state index contributed by atoms with van der Waals surface area (Å²) in [6.07, 6.45) is 10.9. The Morgan fingerprint density at radius 3 is 2.82 bits per heavy atom. The molecule has 5 aromatic rings. The second-order valence-electron chi connectivity index (χ2n) is 14.0. The highest BCUT2D eigenvalue weighted by Crippen LogP contribution is 2.44. The minimum atomic E-state index is -0.159. The van der Waals surface area contributed by atoms with Gasteiger partial charge < -0.3 is 24.8 Å². The lowest BCUT2D eigenvalue weighted by atomic mass is 9.78. The lowest BCUT2D eigenvalue weighted by Gasteiger charge is -2.25. The molecule has 6 heterocycles. The van der Waals surface area contributed by atoms with Gasteiger partial charge in [-0.1, -0.05) is 24.6 Å². The van der Waals surface area contributed by atoms with E-state index >= 15 is 0 Å². The third-order valence-electron chi connectivity index (χ3n) is 10.8. The SMILES string of the molecule is CCCc1ccc(N)c(C#N)c1C1CCCc2c(-c3nc(-n4cc5c(n4)C(=O)N(CCCOC)C5)c4cnn(CC5CCCN5C)c4n3)noc21. The molecule has 264 valence electrons. The van der Waals surface area contributed by atoms with Crippen molar-refractivity contribution in [2.24, 2.45) is 0 Å². The van der Waals surface area contributed by atoms with Gasteiger partial charge in [-0.15, -0.1) is 0 Å². The lowest BCUT2D eigenvalue weighted by Crippen LogP contribution is -2.29. The number of nitrogen functional groups attached to an aromatic ring is 1. The quantitative estimate of drug-likeness (QED) is 0.152. The van der Waals surface area contributed by atoms with Gasteiger partial charge in [0.05, 0.1) is 23.7 Å². The Kier molecular flexibility index (Phi) is 8.77. The molecule has 2 unspecified atom stereocenters. The second kappa shape index (κ2) is 13.5. The molecule has 1 saturated heterocycles. The molecule has 0 radical (unpaired) electrons. The molecule has 14 nitrogen and oxygen atoms in total. The van der Waals surface area contributed by atoms with Crippen molar-refractivity contribution < 1.29 is 14.1 Å². The molecule has 1 aromatic carbocycles. The fourth-order valence-electron chi connectivity index (χ4n) is 8.18. The van der Waals surface area contributed by atoms with E-state index in [0.29, 0.717) is 72.2 Å². The number of aryl methyl sites for hydroxylation is 1. The maximum atomic E-state index is 13.3. The number of likely N-dealkylation sites (tertiary alicyclic amines) is 1. The first-order valence-corrected chi connectivity index (χ1v) is 18.0. The Bertz CT molecular complexity index is 2160. The van der Waals surface area contributed by atoms with Crippen LogP contribution >= 0.6 is 0 Å². The molecule has 2 atom stereocenters. The fourth-order valence-corrected chi connectivity index (χ4v) is 8.18. The summed E-state index contributed by atoms with van der Waals surface area (Å²) in [5.74, 6) is 1.43. The predicted octanol–water partition coefficient (Wildman–Crippen LogP) is 4.63. The lowest BCUT2D eigenvalue weighted by molar-refractivity contribution is 0.0753. The van der Waals surface area contributed by atoms with E-state index in [4.69, 9.17) is 35.2 Å². The number of rotatable bonds is 11. The summed E-state index contributed by atoms with van der Waals surface area (Å²) in [4.78, 5) is 27.7. The number of aromatic nitrogens is 7. The molecular formula is C37H43N11O3. The number of methoxy groups -OCH3 is 1. The maximum Gasteiger partial charge on any atom is 0.275 e. The fraction of sp³-hybridized carbons (Fsp3) is 0.486. The summed E-state index contributed by atoms with van der Waals surface area (Å²) in [6, 6.07) is 6.59. The highest BCUT2D eigenvalue weighted by molar-refractivity contribution is 5.96. The average molecular weight is 690 g/mol. The van der Waals surface area contributed by atoms with Crippen LogP contribution in [0.25, 0.3) is 28.4 Å². The van der Waals surface area contributed by atoms with Crippen LogP contribution in [0.15, 0.2) is 29.0 Å². The topological polar surface area (TPSA) is 170 Å². The molecule has 2 N–H and O–H groups in total. The molecule has 1 amide bonds. The number of anilines is 1. The van der Waals surface area contributed by atoms with E-state index in [1.807, 2.05) is 23.0 Å². The van der Waals surface area contributed by atoms with Crippen LogP contribution in [0.1, 0.15) is 95.4 Å². The minimum Gasteiger partial charge on any atom is -0.398 e. The van der Waals surface area contributed by atoms with E-state index in [1.165, 1.54) is 0 Å². The van der Waals surface area contributed by atoms with Crippen molar-refractivity contribution in [1.82, 2.24) is 44.5 Å². The van der Waals surface area contributed by atoms with Crippen molar-refractivity contribution in [1.29, 1.82) is 5.26 Å². The Hall–Kier alpha value is -5.13. The standard InChI is InChI=1S/C37H43N11O3/c1-4-8-22-12-13-29(39)27(17-38)30(22)25-10-5-11-26-32(44-51-33(25)26)34-41-35-28(18-40-47(35)21-24-9-6-14-45(24)2)36(42-34)48-20-23-19-46(15-7-16-50-3)37(49)31(23)43-48/h12-13,18,20,24-25H,4-11,14-16,19,21,39H2,1-3H3. The molecule has 0 spiro atoms. The monoisotopic (exact) mass is 689 g/mol. The summed E-state index contributed by atoms with van der Waals surface area (Å²) in [6.45, 7) is 5.56. The zero-order valence-corrected chi connectivity index (χ0v) is 29.4. The first-order valence-electron chi connectivity index (χ1n) is 18.0. The zero-order chi connectivity index (χ0) is 35.2. The largest absolute Gasteiger partial charge is 0.398 e. The smallest absolute Gasteiger partial charge is 0.275 e. The van der Waals surface area contributed by atoms with Crippen LogP contribution in [-0.4, -0.2) is 90.3 Å². The van der Waals surface area contributed by atoms with Gasteiger partial charge in [0.1, 0.15) is 11.8 Å². The van der Waals surface area contributed by atoms with Gasteiger partial charge in [0.25, 0.3) is 5.91 Å². The van der Waals surface area contributed by atoms with E-state index in [0.717, 1.165) is 91.3 Å². The van der Waals surface area contributed by atoms with Gasteiger partial charge in [-0.3, -0.25) is 4.79 Å². The molecule has 3 aliphatic rings. The highest BCUT2D eigenvalue weighted by atomic mass is 16.5. The maximum absolute atomic E-state index is 13.3. The Balaban J connectivity index is 1.23. The highest BCUT2D eigenvalue weighted by Gasteiger charge is 2.35. The first kappa shape index (κ1) is 33.0. The van der Waals surface area contributed by atoms with E-state index in [-0.39, 0.29) is 11.8 Å². The van der Waals surface area contributed by atoms with Crippen LogP contribution in [0.4, 0.5) is 5.69 Å². The van der Waals surface area contributed by atoms with Gasteiger partial charge in [0.15, 0.2) is 28.7 Å². The molecule has 4 aromatic heterocycles. The molecular weight excluding hydrogens is 646 g/mol. The number of nitrogens with zero attached hydrogens (tertiary/aromatic N) is 10. The van der Waals surface area contributed by atoms with Crippen LogP contribution < -0.4 is 5.73 Å². The average Bonchev–Trinajstić information content (AvgIpc) is 3.97. The van der Waals surface area contributed by atoms with Crippen LogP contribution in [-0.2, 0) is 30.7 Å². The summed E-state index contributed by atoms with van der Waals surface area (Å²) in [5.41, 5.74) is 12.9. The van der Waals surface area contributed by atoms with Gasteiger partial charge in [0, 0.05) is 61.8 Å². The number of benzene rings is 1. The van der Waals surface area contributed by atoms with Crippen LogP contribution in [0, 0.1) is 11.3 Å². The number of ether oxygens (including phenoxy) is 1. The summed E-state index contributed by atoms with van der Waals surface area (Å²) in [5, 5.41) is 25.1. The van der Waals surface area contributed by atoms with Gasteiger partial charge in [-0.2, -0.15) is 15.5 Å². The third-order valence-corrected chi connectivity index (χ3v) is 10.8. The number of carbonyl (C=O) groups is 1. The van der Waals surface area contributed by atoms with Crippen LogP contribution in [0.5, 0.6) is 0 Å². The number of fused-ring (bicyclic) bond motifs is 3. The number of amides is 1. The Morgan fingerprint density at radius 1 is 1.18 bits per heavy atom. The normalized spacial score (nSPS) is 18.9. The van der Waals surface area contributed by atoms with E-state index in [9.17, 15) is 10.1 Å². The molecule has 14 heteroatoms. The van der Waals surface area contributed by atoms with Crippen molar-refractivity contribution in [3.63, 3.8) is 0 Å². The van der Waals surface area contributed by atoms with Gasteiger partial charge in [-0.05, 0) is 75.7 Å². The van der Waals surface area contributed by atoms with E-state index in [2.05, 4.69) is 30.1 Å². The molecule has 2 aliphatic heterocycles. The van der Waals surface area contributed by atoms with Crippen LogP contribution in [0.2, 0.25) is 0 Å². The molecule has 1 aliphatic carbocycles. The van der Waals surface area contributed by atoms with Gasteiger partial charge in [0.2, 0.25) is 0 Å². The third kappa shape index (κ3) is 5.74. The van der Waals surface area contributed by atoms with Crippen molar-refractivity contribution in [3.05, 3.63) is 63.8 Å². The number of likely N-dealkylation sites (N-methyl/N-ethyl adjacent to an activating group) is 1. The first-order chi connectivity index (χ1) is 24.9. The van der Waals surface area contributed by atoms with Crippen LogP contribution in [0.3, 0.4) is 0 Å². The molecule has 0 saturated carbocycles. The number of nitrogens with two attached hydrogens (primary N) is 1. The molecule has 1 fully saturated rings. The summed E-state index contributed by atoms with van der Waals surface area (Å²) >= 11 is 0. The molecule has 8 rings (SSSR count). The second-order valence-corrected chi connectivity index (χ2v) is 14.0. The molecule has 0 bridgehead atoms. The predicted molar refractivity (Wildman–Crippen MR) is 189 cm³/mol. The Labute approximate surface area is 296 Å². The summed E-state index contributed by atoms with van der Waals surface area (Å²) in [7, 11) is 3.81. The minimum absolute atomic E-state index is 0.0947. The number of nitriles is 1. The van der Waals surface area contributed by atoms with Gasteiger partial charge >= 0.3 is 0 Å². The van der Waals surface area contributed by atoms with Gasteiger partial charge in [-0.25, -0.2) is 19.3 Å². The number of hydrogen-bond acceptors (Lipinski definition) is 11. The van der Waals surface area contributed by atoms with E-state index in [1.54, 1.807) is 22.9 Å². The number of hydrogen-bond donors (Lipinski definition) is 1. The zero-order valence-electron chi connectivity index (χ0n) is 29.4. The Morgan fingerprint density at radius 2 is 2.06 bits per heavy atom. The van der Waals surface area contributed by atoms with Crippen molar-refractivity contribution in [2.45, 2.75) is 83.3 Å². The van der Waals surface area contributed by atoms with Crippen molar-refractivity contribution in [2.75, 3.05) is 39.6 Å². The van der Waals surface area contributed by atoms with Crippen molar-refractivity contribution >= 4 is 22.6 Å². The molecule has 51 heavy (non-hydrogen) atoms.